The Morgan fingerprint density at radius 2 is 2.24 bits per heavy atom. The summed E-state index contributed by atoms with van der Waals surface area (Å²) in [5, 5.41) is 14.6. The largest absolute Gasteiger partial charge is 0.273 e. The van der Waals surface area contributed by atoms with Crippen molar-refractivity contribution in [1.29, 1.82) is 0 Å². The molecule has 0 fully saturated rings. The number of aryl methyl sites for hydroxylation is 1. The number of nitrogens with one attached hydrogen (secondary N) is 1. The monoisotopic (exact) mass is 284 g/mol. The lowest BCUT2D eigenvalue weighted by Crippen LogP contribution is -2.17. The Morgan fingerprint density at radius 1 is 1.43 bits per heavy atom. The quantitative estimate of drug-likeness (QED) is 0.528. The molecular formula is C14H12N4O3. The predicted molar refractivity (Wildman–Crippen MR) is 77.1 cm³/mol. The zero-order chi connectivity index (χ0) is 15.2. The molecule has 7 heteroatoms. The van der Waals surface area contributed by atoms with Crippen molar-refractivity contribution in [3.05, 3.63) is 69.5 Å². The van der Waals surface area contributed by atoms with Crippen molar-refractivity contribution in [1.82, 2.24) is 10.4 Å². The second-order valence-electron chi connectivity index (χ2n) is 4.24. The number of nitro benzene ring substituents is 1. The van der Waals surface area contributed by atoms with Crippen LogP contribution in [0.3, 0.4) is 0 Å². The van der Waals surface area contributed by atoms with E-state index >= 15 is 0 Å². The molecule has 0 aliphatic rings. The van der Waals surface area contributed by atoms with Crippen LogP contribution >= 0.6 is 0 Å². The lowest BCUT2D eigenvalue weighted by Gasteiger charge is -2.02. The average Bonchev–Trinajstić information content (AvgIpc) is 2.48. The summed E-state index contributed by atoms with van der Waals surface area (Å²) in [5.41, 5.74) is 3.62. The van der Waals surface area contributed by atoms with Gasteiger partial charge in [0.05, 0.1) is 11.1 Å². The van der Waals surface area contributed by atoms with E-state index in [1.165, 1.54) is 24.4 Å². The van der Waals surface area contributed by atoms with Crippen molar-refractivity contribution in [2.24, 2.45) is 5.10 Å². The van der Waals surface area contributed by atoms with Crippen molar-refractivity contribution < 1.29 is 9.72 Å². The minimum Gasteiger partial charge on any atom is -0.267 e. The highest BCUT2D eigenvalue weighted by molar-refractivity contribution is 5.95. The third-order valence-corrected chi connectivity index (χ3v) is 2.73. The first-order valence-electron chi connectivity index (χ1n) is 6.06. The number of aromatic nitrogens is 1. The second kappa shape index (κ2) is 6.38. The van der Waals surface area contributed by atoms with E-state index in [9.17, 15) is 14.9 Å². The Labute approximate surface area is 120 Å². The SMILES string of the molecule is Cc1ccc(C(=O)N/N=C/c2cccnc2)cc1[N+](=O)[O-]. The van der Waals surface area contributed by atoms with Crippen LogP contribution in [0.1, 0.15) is 21.5 Å². The van der Waals surface area contributed by atoms with Gasteiger partial charge in [-0.1, -0.05) is 12.1 Å². The molecule has 2 aromatic rings. The van der Waals surface area contributed by atoms with Gasteiger partial charge in [-0.25, -0.2) is 5.43 Å². The summed E-state index contributed by atoms with van der Waals surface area (Å²) in [7, 11) is 0. The summed E-state index contributed by atoms with van der Waals surface area (Å²) in [5.74, 6) is -0.516. The van der Waals surface area contributed by atoms with Gasteiger partial charge in [0.15, 0.2) is 0 Å². The Kier molecular flexibility index (Phi) is 4.35. The van der Waals surface area contributed by atoms with E-state index in [1.54, 1.807) is 31.5 Å². The summed E-state index contributed by atoms with van der Waals surface area (Å²) in [6.07, 6.45) is 4.65. The minimum atomic E-state index is -0.523. The molecule has 0 saturated carbocycles. The number of nitro groups is 1. The topological polar surface area (TPSA) is 97.5 Å². The van der Waals surface area contributed by atoms with Crippen LogP contribution in [0.4, 0.5) is 5.69 Å². The number of benzene rings is 1. The van der Waals surface area contributed by atoms with Gasteiger partial charge < -0.3 is 0 Å². The molecule has 7 nitrogen and oxygen atoms in total. The predicted octanol–water partition coefficient (Wildman–Crippen LogP) is 2.06. The molecule has 21 heavy (non-hydrogen) atoms. The number of nitrogens with zero attached hydrogens (tertiary/aromatic N) is 3. The summed E-state index contributed by atoms with van der Waals surface area (Å²) in [6.45, 7) is 1.61. The van der Waals surface area contributed by atoms with Crippen LogP contribution in [0.25, 0.3) is 0 Å². The maximum absolute atomic E-state index is 11.9. The molecule has 0 aliphatic carbocycles. The lowest BCUT2D eigenvalue weighted by atomic mass is 10.1. The third-order valence-electron chi connectivity index (χ3n) is 2.73. The summed E-state index contributed by atoms with van der Waals surface area (Å²) in [4.78, 5) is 26.1. The number of hydrazone groups is 1. The van der Waals surface area contributed by atoms with Crippen molar-refractivity contribution in [2.45, 2.75) is 6.92 Å². The van der Waals surface area contributed by atoms with Gasteiger partial charge in [0.2, 0.25) is 0 Å². The van der Waals surface area contributed by atoms with Gasteiger partial charge in [0.1, 0.15) is 0 Å². The van der Waals surface area contributed by atoms with Crippen LogP contribution < -0.4 is 5.43 Å². The number of hydrogen-bond acceptors (Lipinski definition) is 5. The summed E-state index contributed by atoms with van der Waals surface area (Å²) >= 11 is 0. The summed E-state index contributed by atoms with van der Waals surface area (Å²) in [6, 6.07) is 7.78. The van der Waals surface area contributed by atoms with Crippen LogP contribution in [0.15, 0.2) is 47.8 Å². The highest BCUT2D eigenvalue weighted by atomic mass is 16.6. The first-order valence-corrected chi connectivity index (χ1v) is 6.06. The molecule has 0 saturated heterocycles. The number of carbonyl (C=O) groups excluding carboxylic acids is 1. The molecule has 1 N–H and O–H groups in total. The van der Waals surface area contributed by atoms with Gasteiger partial charge >= 0.3 is 0 Å². The molecule has 1 amide bonds. The van der Waals surface area contributed by atoms with Crippen LogP contribution in [-0.2, 0) is 0 Å². The van der Waals surface area contributed by atoms with Gasteiger partial charge in [0, 0.05) is 35.2 Å². The molecule has 0 radical (unpaired) electrons. The second-order valence-corrected chi connectivity index (χ2v) is 4.24. The number of amides is 1. The fourth-order valence-electron chi connectivity index (χ4n) is 1.63. The normalized spacial score (nSPS) is 10.5. The molecule has 0 bridgehead atoms. The van der Waals surface area contributed by atoms with Crippen molar-refractivity contribution in [3.63, 3.8) is 0 Å². The molecule has 1 aromatic carbocycles. The smallest absolute Gasteiger partial charge is 0.267 e. The fourth-order valence-corrected chi connectivity index (χ4v) is 1.63. The Hall–Kier alpha value is -3.09. The number of carbonyl (C=O) groups is 1. The van der Waals surface area contributed by atoms with E-state index in [-0.39, 0.29) is 11.3 Å². The maximum atomic E-state index is 11.9. The highest BCUT2D eigenvalue weighted by Crippen LogP contribution is 2.19. The van der Waals surface area contributed by atoms with Gasteiger partial charge in [-0.2, -0.15) is 5.10 Å². The molecule has 0 spiro atoms. The zero-order valence-electron chi connectivity index (χ0n) is 11.2. The Bertz CT molecular complexity index is 699. The lowest BCUT2D eigenvalue weighted by molar-refractivity contribution is -0.385. The van der Waals surface area contributed by atoms with E-state index in [1.807, 2.05) is 0 Å². The van der Waals surface area contributed by atoms with Crippen molar-refractivity contribution >= 4 is 17.8 Å². The van der Waals surface area contributed by atoms with Gasteiger partial charge in [-0.05, 0) is 19.1 Å². The van der Waals surface area contributed by atoms with Crippen molar-refractivity contribution in [3.8, 4) is 0 Å². The average molecular weight is 284 g/mol. The molecular weight excluding hydrogens is 272 g/mol. The van der Waals surface area contributed by atoms with Crippen LogP contribution in [0.2, 0.25) is 0 Å². The first-order chi connectivity index (χ1) is 10.1. The van der Waals surface area contributed by atoms with E-state index in [2.05, 4.69) is 15.5 Å². The van der Waals surface area contributed by atoms with E-state index in [0.717, 1.165) is 5.56 Å². The zero-order valence-corrected chi connectivity index (χ0v) is 11.2. The molecule has 0 atom stereocenters. The first kappa shape index (κ1) is 14.3. The molecule has 1 heterocycles. The highest BCUT2D eigenvalue weighted by Gasteiger charge is 2.14. The van der Waals surface area contributed by atoms with Gasteiger partial charge in [0.25, 0.3) is 11.6 Å². The van der Waals surface area contributed by atoms with E-state index in [0.29, 0.717) is 5.56 Å². The maximum Gasteiger partial charge on any atom is 0.273 e. The minimum absolute atomic E-state index is 0.0983. The number of pyridine rings is 1. The number of rotatable bonds is 4. The van der Waals surface area contributed by atoms with E-state index < -0.39 is 10.8 Å². The fraction of sp³-hybridized carbons (Fsp3) is 0.0714. The molecule has 2 rings (SSSR count). The van der Waals surface area contributed by atoms with Crippen molar-refractivity contribution in [2.75, 3.05) is 0 Å². The Balaban J connectivity index is 2.09. The molecule has 0 aliphatic heterocycles. The van der Waals surface area contributed by atoms with Gasteiger partial charge in [-0.15, -0.1) is 0 Å². The molecule has 0 unspecified atom stereocenters. The van der Waals surface area contributed by atoms with Crippen LogP contribution in [-0.4, -0.2) is 22.0 Å². The molecule has 106 valence electrons. The van der Waals surface area contributed by atoms with Crippen LogP contribution in [0, 0.1) is 17.0 Å². The standard InChI is InChI=1S/C14H12N4O3/c1-10-4-5-12(7-13(10)18(20)21)14(19)17-16-9-11-3-2-6-15-8-11/h2-9H,1H3,(H,17,19)/b16-9+. The number of hydrogen-bond donors (Lipinski definition) is 1. The summed E-state index contributed by atoms with van der Waals surface area (Å²) < 4.78 is 0. The third kappa shape index (κ3) is 3.69. The Morgan fingerprint density at radius 3 is 2.90 bits per heavy atom. The van der Waals surface area contributed by atoms with Crippen LogP contribution in [0.5, 0.6) is 0 Å². The molecule has 1 aromatic heterocycles. The van der Waals surface area contributed by atoms with Gasteiger partial charge in [-0.3, -0.25) is 19.9 Å². The van der Waals surface area contributed by atoms with E-state index in [4.69, 9.17) is 0 Å².